The molecule has 0 radical (unpaired) electrons. The first-order valence-corrected chi connectivity index (χ1v) is 4.45. The smallest absolute Gasteiger partial charge is 0.357 e. The van der Waals surface area contributed by atoms with E-state index in [9.17, 15) is 9.59 Å². The fourth-order valence-electron chi connectivity index (χ4n) is 1.14. The Morgan fingerprint density at radius 2 is 1.81 bits per heavy atom. The van der Waals surface area contributed by atoms with Gasteiger partial charge >= 0.3 is 11.9 Å². The highest BCUT2D eigenvalue weighted by Crippen LogP contribution is 2.16. The van der Waals surface area contributed by atoms with Crippen molar-refractivity contribution in [3.8, 4) is 0 Å². The largest absolute Gasteiger partial charge is 0.465 e. The van der Waals surface area contributed by atoms with E-state index in [0.29, 0.717) is 11.4 Å². The van der Waals surface area contributed by atoms with Crippen LogP contribution in [-0.4, -0.2) is 31.1 Å². The Labute approximate surface area is 92.4 Å². The van der Waals surface area contributed by atoms with Crippen LogP contribution in [0.25, 0.3) is 0 Å². The van der Waals surface area contributed by atoms with Crippen molar-refractivity contribution in [3.05, 3.63) is 23.0 Å². The van der Waals surface area contributed by atoms with E-state index in [-0.39, 0.29) is 11.3 Å². The highest BCUT2D eigenvalue weighted by atomic mass is 16.5. The van der Waals surface area contributed by atoms with Gasteiger partial charge in [-0.2, -0.15) is 0 Å². The van der Waals surface area contributed by atoms with E-state index in [1.807, 2.05) is 0 Å². The number of anilines is 1. The maximum Gasteiger partial charge on any atom is 0.357 e. The molecule has 1 rings (SSSR count). The van der Waals surface area contributed by atoms with Gasteiger partial charge in [0.05, 0.1) is 31.2 Å². The van der Waals surface area contributed by atoms with Crippen molar-refractivity contribution >= 4 is 17.6 Å². The highest BCUT2D eigenvalue weighted by Gasteiger charge is 2.21. The molecule has 0 unspecified atom stereocenters. The average molecular weight is 224 g/mol. The third-order valence-electron chi connectivity index (χ3n) is 2.04. The van der Waals surface area contributed by atoms with Crippen molar-refractivity contribution in [2.75, 3.05) is 20.0 Å². The van der Waals surface area contributed by atoms with Gasteiger partial charge in [0.25, 0.3) is 0 Å². The zero-order valence-corrected chi connectivity index (χ0v) is 9.23. The van der Waals surface area contributed by atoms with Crippen molar-refractivity contribution in [1.29, 1.82) is 0 Å². The van der Waals surface area contributed by atoms with E-state index in [2.05, 4.69) is 14.5 Å². The highest BCUT2D eigenvalue weighted by molar-refractivity contribution is 6.02. The molecular formula is C10H12N2O4. The van der Waals surface area contributed by atoms with Crippen LogP contribution in [0.4, 0.5) is 5.69 Å². The number of rotatable bonds is 2. The number of carbonyl (C=O) groups is 2. The second kappa shape index (κ2) is 4.61. The van der Waals surface area contributed by atoms with E-state index < -0.39 is 11.9 Å². The summed E-state index contributed by atoms with van der Waals surface area (Å²) in [6.45, 7) is 1.63. The maximum absolute atomic E-state index is 11.4. The molecule has 0 aliphatic heterocycles. The van der Waals surface area contributed by atoms with Crippen LogP contribution in [0.2, 0.25) is 0 Å². The molecule has 16 heavy (non-hydrogen) atoms. The predicted molar refractivity (Wildman–Crippen MR) is 56.1 cm³/mol. The number of carbonyl (C=O) groups excluding carboxylic acids is 2. The summed E-state index contributed by atoms with van der Waals surface area (Å²) in [5, 5.41) is 0. The minimum Gasteiger partial charge on any atom is -0.465 e. The molecule has 0 amide bonds. The molecule has 0 spiro atoms. The van der Waals surface area contributed by atoms with E-state index in [4.69, 9.17) is 5.73 Å². The molecule has 0 aromatic carbocycles. The molecule has 1 aromatic rings. The third-order valence-corrected chi connectivity index (χ3v) is 2.04. The summed E-state index contributed by atoms with van der Waals surface area (Å²) >= 11 is 0. The summed E-state index contributed by atoms with van der Waals surface area (Å²) in [7, 11) is 2.41. The topological polar surface area (TPSA) is 91.5 Å². The van der Waals surface area contributed by atoms with E-state index in [1.165, 1.54) is 20.3 Å². The Morgan fingerprint density at radius 1 is 1.25 bits per heavy atom. The van der Waals surface area contributed by atoms with Crippen molar-refractivity contribution in [2.45, 2.75) is 6.92 Å². The van der Waals surface area contributed by atoms with Gasteiger partial charge in [0.1, 0.15) is 0 Å². The van der Waals surface area contributed by atoms with Crippen LogP contribution in [0.5, 0.6) is 0 Å². The summed E-state index contributed by atoms with van der Waals surface area (Å²) in [5.74, 6) is -1.39. The van der Waals surface area contributed by atoms with Crippen molar-refractivity contribution < 1.29 is 19.1 Å². The van der Waals surface area contributed by atoms with Crippen molar-refractivity contribution in [3.63, 3.8) is 0 Å². The van der Waals surface area contributed by atoms with Gasteiger partial charge < -0.3 is 15.2 Å². The van der Waals surface area contributed by atoms with Gasteiger partial charge in [-0.25, -0.2) is 14.6 Å². The lowest BCUT2D eigenvalue weighted by Gasteiger charge is -2.08. The third kappa shape index (κ3) is 2.10. The Balaban J connectivity index is 3.38. The monoisotopic (exact) mass is 224 g/mol. The number of aryl methyl sites for hydroxylation is 1. The molecule has 0 saturated heterocycles. The number of pyridine rings is 1. The molecule has 1 heterocycles. The van der Waals surface area contributed by atoms with Gasteiger partial charge in [-0.15, -0.1) is 0 Å². The van der Waals surface area contributed by atoms with Crippen molar-refractivity contribution in [2.24, 2.45) is 0 Å². The van der Waals surface area contributed by atoms with Crippen LogP contribution in [0.1, 0.15) is 26.5 Å². The predicted octanol–water partition coefficient (Wildman–Crippen LogP) is 0.545. The fraction of sp³-hybridized carbons (Fsp3) is 0.300. The lowest BCUT2D eigenvalue weighted by molar-refractivity contribution is 0.0549. The number of ether oxygens (including phenoxy) is 2. The van der Waals surface area contributed by atoms with Crippen LogP contribution in [0, 0.1) is 6.92 Å². The number of methoxy groups -OCH3 is 2. The minimum absolute atomic E-state index is 0.00236. The first-order chi connectivity index (χ1) is 7.51. The molecule has 6 nitrogen and oxygen atoms in total. The number of nitrogen functional groups attached to an aromatic ring is 1. The van der Waals surface area contributed by atoms with Gasteiger partial charge in [0.15, 0.2) is 5.69 Å². The Hall–Kier alpha value is -2.11. The number of nitrogens with two attached hydrogens (primary N) is 1. The zero-order valence-electron chi connectivity index (χ0n) is 9.23. The normalized spacial score (nSPS) is 9.69. The lowest BCUT2D eigenvalue weighted by Crippen LogP contribution is -2.15. The molecule has 0 aliphatic rings. The molecule has 0 fully saturated rings. The molecule has 6 heteroatoms. The van der Waals surface area contributed by atoms with Gasteiger partial charge in [0, 0.05) is 0 Å². The zero-order chi connectivity index (χ0) is 12.3. The maximum atomic E-state index is 11.4. The lowest BCUT2D eigenvalue weighted by atomic mass is 10.1. The summed E-state index contributed by atoms with van der Waals surface area (Å²) in [6.07, 6.45) is 0. The van der Waals surface area contributed by atoms with E-state index in [1.54, 1.807) is 6.92 Å². The Morgan fingerprint density at radius 3 is 2.31 bits per heavy atom. The minimum atomic E-state index is -0.705. The van der Waals surface area contributed by atoms with Gasteiger partial charge in [-0.05, 0) is 13.0 Å². The standard InChI is InChI=1S/C10H12N2O4/c1-5-7(11)4-6(9(13)15-2)8(12-5)10(14)16-3/h4H,11H2,1-3H3. The number of aromatic nitrogens is 1. The molecule has 2 N–H and O–H groups in total. The van der Waals surface area contributed by atoms with Crippen LogP contribution in [-0.2, 0) is 9.47 Å². The summed E-state index contributed by atoms with van der Waals surface area (Å²) in [6, 6.07) is 1.35. The summed E-state index contributed by atoms with van der Waals surface area (Å²) < 4.78 is 9.04. The molecule has 1 aromatic heterocycles. The van der Waals surface area contributed by atoms with Gasteiger partial charge in [-0.3, -0.25) is 0 Å². The summed E-state index contributed by atoms with van der Waals surface area (Å²) in [4.78, 5) is 26.7. The van der Waals surface area contributed by atoms with Crippen LogP contribution < -0.4 is 5.73 Å². The quantitative estimate of drug-likeness (QED) is 0.737. The van der Waals surface area contributed by atoms with E-state index >= 15 is 0 Å². The van der Waals surface area contributed by atoms with Crippen LogP contribution >= 0.6 is 0 Å². The number of hydrogen-bond donors (Lipinski definition) is 1. The molecule has 0 aliphatic carbocycles. The van der Waals surface area contributed by atoms with Gasteiger partial charge in [-0.1, -0.05) is 0 Å². The van der Waals surface area contributed by atoms with Crippen LogP contribution in [0.15, 0.2) is 6.07 Å². The second-order valence-corrected chi connectivity index (χ2v) is 3.04. The SMILES string of the molecule is COC(=O)c1cc(N)c(C)nc1C(=O)OC. The van der Waals surface area contributed by atoms with Crippen LogP contribution in [0.3, 0.4) is 0 Å². The number of nitrogens with zero attached hydrogens (tertiary/aromatic N) is 1. The second-order valence-electron chi connectivity index (χ2n) is 3.04. The molecule has 0 bridgehead atoms. The summed E-state index contributed by atoms with van der Waals surface area (Å²) in [5.41, 5.74) is 6.27. The van der Waals surface area contributed by atoms with Crippen molar-refractivity contribution in [1.82, 2.24) is 4.98 Å². The number of esters is 2. The molecule has 0 saturated carbocycles. The first kappa shape index (κ1) is 12.0. The average Bonchev–Trinajstić information content (AvgIpc) is 2.30. The molecular weight excluding hydrogens is 212 g/mol. The molecule has 0 atom stereocenters. The van der Waals surface area contributed by atoms with E-state index in [0.717, 1.165) is 0 Å². The Bertz CT molecular complexity index is 402. The molecule has 86 valence electrons. The Kier molecular flexibility index (Phi) is 3.44. The fourth-order valence-corrected chi connectivity index (χ4v) is 1.14. The number of hydrogen-bond acceptors (Lipinski definition) is 6. The first-order valence-electron chi connectivity index (χ1n) is 4.45. The van der Waals surface area contributed by atoms with Gasteiger partial charge in [0.2, 0.25) is 0 Å².